The summed E-state index contributed by atoms with van der Waals surface area (Å²) in [5, 5.41) is 4.45. The van der Waals surface area contributed by atoms with Gasteiger partial charge in [0.05, 0.1) is 6.42 Å². The second-order valence-electron chi connectivity index (χ2n) is 8.19. The fourth-order valence-electron chi connectivity index (χ4n) is 3.11. The van der Waals surface area contributed by atoms with Crippen LogP contribution in [0.2, 0.25) is 15.1 Å². The van der Waals surface area contributed by atoms with Crippen molar-refractivity contribution in [3.05, 3.63) is 68.7 Å². The second kappa shape index (κ2) is 10.5. The summed E-state index contributed by atoms with van der Waals surface area (Å²) in [6, 6.07) is 11.7. The van der Waals surface area contributed by atoms with Crippen molar-refractivity contribution < 1.29 is 9.59 Å². The maximum atomic E-state index is 13.3. The average molecular weight is 470 g/mol. The summed E-state index contributed by atoms with van der Waals surface area (Å²) in [5.41, 5.74) is 1.01. The Balaban J connectivity index is 2.38. The van der Waals surface area contributed by atoms with E-state index in [0.29, 0.717) is 27.1 Å². The first kappa shape index (κ1) is 24.5. The zero-order valence-electron chi connectivity index (χ0n) is 17.6. The molecule has 0 saturated carbocycles. The monoisotopic (exact) mass is 468 g/mol. The van der Waals surface area contributed by atoms with Crippen molar-refractivity contribution in [2.24, 2.45) is 0 Å². The largest absolute Gasteiger partial charge is 0.350 e. The molecule has 2 aromatic carbocycles. The Bertz CT molecular complexity index is 910. The first-order valence-electron chi connectivity index (χ1n) is 9.80. The second-order valence-corrected chi connectivity index (χ2v) is 9.44. The molecule has 0 bridgehead atoms. The molecule has 0 aromatic heterocycles. The quantitative estimate of drug-likeness (QED) is 0.548. The number of carbonyl (C=O) groups excluding carboxylic acids is 2. The van der Waals surface area contributed by atoms with E-state index < -0.39 is 11.6 Å². The van der Waals surface area contributed by atoms with Gasteiger partial charge in [0.1, 0.15) is 6.04 Å². The Labute approximate surface area is 193 Å². The first-order valence-corrected chi connectivity index (χ1v) is 10.9. The third-order valence-electron chi connectivity index (χ3n) is 4.54. The smallest absolute Gasteiger partial charge is 0.243 e. The Morgan fingerprint density at radius 1 is 1.00 bits per heavy atom. The maximum absolute atomic E-state index is 13.3. The molecule has 0 aliphatic heterocycles. The minimum absolute atomic E-state index is 0.0875. The molecule has 2 amide bonds. The van der Waals surface area contributed by atoms with Gasteiger partial charge in [-0.2, -0.15) is 0 Å². The summed E-state index contributed by atoms with van der Waals surface area (Å²) in [6.45, 7) is 7.79. The number of carbonyl (C=O) groups is 2. The van der Waals surface area contributed by atoms with Crippen molar-refractivity contribution in [3.8, 4) is 0 Å². The van der Waals surface area contributed by atoms with Crippen LogP contribution in [0.3, 0.4) is 0 Å². The van der Waals surface area contributed by atoms with Gasteiger partial charge in [-0.25, -0.2) is 0 Å². The van der Waals surface area contributed by atoms with E-state index in [1.165, 1.54) is 0 Å². The van der Waals surface area contributed by atoms with E-state index >= 15 is 0 Å². The molecule has 0 radical (unpaired) electrons. The molecule has 0 heterocycles. The molecular weight excluding hydrogens is 443 g/mol. The summed E-state index contributed by atoms with van der Waals surface area (Å²) in [5.74, 6) is -0.410. The highest BCUT2D eigenvalue weighted by Gasteiger charge is 2.31. The number of halogens is 3. The SMILES string of the molecule is CCC(C(=O)NC(C)(C)C)N(Cc1ccc(Cl)cc1Cl)C(=O)Cc1ccccc1Cl. The van der Waals surface area contributed by atoms with Crippen molar-refractivity contribution in [2.75, 3.05) is 0 Å². The standard InChI is InChI=1S/C23H27Cl3N2O2/c1-5-20(22(30)27-23(2,3)4)28(14-16-10-11-17(24)13-19(16)26)21(29)12-15-8-6-7-9-18(15)25/h6-11,13,20H,5,12,14H2,1-4H3,(H,27,30). The van der Waals surface area contributed by atoms with Crippen LogP contribution in [0.15, 0.2) is 42.5 Å². The van der Waals surface area contributed by atoms with Crippen LogP contribution in [0.4, 0.5) is 0 Å². The minimum atomic E-state index is -0.647. The van der Waals surface area contributed by atoms with Crippen LogP contribution in [-0.2, 0) is 22.6 Å². The molecule has 1 N–H and O–H groups in total. The molecule has 0 spiro atoms. The van der Waals surface area contributed by atoms with Crippen LogP contribution >= 0.6 is 34.8 Å². The Morgan fingerprint density at radius 2 is 1.67 bits per heavy atom. The minimum Gasteiger partial charge on any atom is -0.350 e. The molecule has 0 aliphatic carbocycles. The average Bonchev–Trinajstić information content (AvgIpc) is 2.63. The van der Waals surface area contributed by atoms with E-state index in [2.05, 4.69) is 5.32 Å². The van der Waals surface area contributed by atoms with Crippen LogP contribution in [-0.4, -0.2) is 28.3 Å². The highest BCUT2D eigenvalue weighted by Crippen LogP contribution is 2.25. The van der Waals surface area contributed by atoms with Crippen LogP contribution in [0, 0.1) is 0 Å². The molecule has 0 saturated heterocycles. The molecule has 2 rings (SSSR count). The molecule has 0 aliphatic rings. The number of benzene rings is 2. The third kappa shape index (κ3) is 6.90. The lowest BCUT2D eigenvalue weighted by Gasteiger charge is -2.33. The van der Waals surface area contributed by atoms with E-state index in [-0.39, 0.29) is 24.8 Å². The van der Waals surface area contributed by atoms with Gasteiger partial charge in [0.2, 0.25) is 11.8 Å². The van der Waals surface area contributed by atoms with Gasteiger partial charge in [0.25, 0.3) is 0 Å². The molecule has 1 atom stereocenters. The van der Waals surface area contributed by atoms with E-state index in [4.69, 9.17) is 34.8 Å². The zero-order valence-corrected chi connectivity index (χ0v) is 19.9. The molecular formula is C23H27Cl3N2O2. The number of nitrogens with zero attached hydrogens (tertiary/aromatic N) is 1. The van der Waals surface area contributed by atoms with Crippen LogP contribution < -0.4 is 5.32 Å². The Morgan fingerprint density at radius 3 is 2.23 bits per heavy atom. The molecule has 2 aromatic rings. The highest BCUT2D eigenvalue weighted by molar-refractivity contribution is 6.35. The molecule has 4 nitrogen and oxygen atoms in total. The van der Waals surface area contributed by atoms with Crippen LogP contribution in [0.25, 0.3) is 0 Å². The van der Waals surface area contributed by atoms with Gasteiger partial charge >= 0.3 is 0 Å². The number of hydrogen-bond donors (Lipinski definition) is 1. The van der Waals surface area contributed by atoms with Crippen molar-refractivity contribution in [1.29, 1.82) is 0 Å². The zero-order chi connectivity index (χ0) is 22.5. The van der Waals surface area contributed by atoms with Crippen LogP contribution in [0.5, 0.6) is 0 Å². The predicted molar refractivity (Wildman–Crippen MR) is 124 cm³/mol. The van der Waals surface area contributed by atoms with Crippen molar-refractivity contribution >= 4 is 46.6 Å². The highest BCUT2D eigenvalue weighted by atomic mass is 35.5. The van der Waals surface area contributed by atoms with Gasteiger partial charge in [-0.3, -0.25) is 9.59 Å². The topological polar surface area (TPSA) is 49.4 Å². The summed E-state index contributed by atoms with van der Waals surface area (Å²) in [4.78, 5) is 27.9. The number of nitrogens with one attached hydrogen (secondary N) is 1. The molecule has 162 valence electrons. The molecule has 7 heteroatoms. The summed E-state index contributed by atoms with van der Waals surface area (Å²) in [7, 11) is 0. The summed E-state index contributed by atoms with van der Waals surface area (Å²) in [6.07, 6.45) is 0.547. The van der Waals surface area contributed by atoms with E-state index in [0.717, 1.165) is 5.56 Å². The predicted octanol–water partition coefficient (Wildman–Crippen LogP) is 5.91. The first-order chi connectivity index (χ1) is 14.0. The van der Waals surface area contributed by atoms with Crippen LogP contribution in [0.1, 0.15) is 45.2 Å². The summed E-state index contributed by atoms with van der Waals surface area (Å²) < 4.78 is 0. The van der Waals surface area contributed by atoms with Crippen molar-refractivity contribution in [3.63, 3.8) is 0 Å². The van der Waals surface area contributed by atoms with Gasteiger partial charge < -0.3 is 10.2 Å². The normalized spacial score (nSPS) is 12.4. The van der Waals surface area contributed by atoms with E-state index in [1.54, 1.807) is 29.2 Å². The maximum Gasteiger partial charge on any atom is 0.243 e. The van der Waals surface area contributed by atoms with E-state index in [1.807, 2.05) is 45.9 Å². The van der Waals surface area contributed by atoms with Crippen molar-refractivity contribution in [2.45, 2.75) is 58.7 Å². The lowest BCUT2D eigenvalue weighted by atomic mass is 10.0. The molecule has 0 fully saturated rings. The van der Waals surface area contributed by atoms with Gasteiger partial charge in [-0.1, -0.05) is 66.0 Å². The Kier molecular flexibility index (Phi) is 8.60. The number of amides is 2. The fourth-order valence-corrected chi connectivity index (χ4v) is 3.78. The number of hydrogen-bond acceptors (Lipinski definition) is 2. The molecule has 30 heavy (non-hydrogen) atoms. The molecule has 1 unspecified atom stereocenters. The Hall–Kier alpha value is -1.75. The third-order valence-corrected chi connectivity index (χ3v) is 5.50. The van der Waals surface area contributed by atoms with E-state index in [9.17, 15) is 9.59 Å². The lowest BCUT2D eigenvalue weighted by Crippen LogP contribution is -2.53. The lowest BCUT2D eigenvalue weighted by molar-refractivity contribution is -0.141. The van der Waals surface area contributed by atoms with Gasteiger partial charge in [0, 0.05) is 27.2 Å². The van der Waals surface area contributed by atoms with Crippen molar-refractivity contribution in [1.82, 2.24) is 10.2 Å². The number of rotatable bonds is 7. The van der Waals surface area contributed by atoms with Gasteiger partial charge in [-0.05, 0) is 56.5 Å². The fraction of sp³-hybridized carbons (Fsp3) is 0.391. The summed E-state index contributed by atoms with van der Waals surface area (Å²) >= 11 is 18.6. The van der Waals surface area contributed by atoms with Gasteiger partial charge in [0.15, 0.2) is 0 Å². The van der Waals surface area contributed by atoms with Gasteiger partial charge in [-0.15, -0.1) is 0 Å².